The van der Waals surface area contributed by atoms with Gasteiger partial charge in [0, 0.05) is 20.1 Å². The van der Waals surface area contributed by atoms with Gasteiger partial charge in [0.2, 0.25) is 5.95 Å². The summed E-state index contributed by atoms with van der Waals surface area (Å²) in [5, 5.41) is 0. The normalized spacial score (nSPS) is 14.8. The zero-order valence-electron chi connectivity index (χ0n) is 15.3. The molecular weight excluding hydrogens is 338 g/mol. The molecule has 0 radical (unpaired) electrons. The number of carbonyl (C=O) groups is 1. The number of H-pyrrole nitrogens is 1. The van der Waals surface area contributed by atoms with E-state index in [2.05, 4.69) is 14.9 Å². The number of nitrogens with one attached hydrogen (secondary N) is 1. The molecule has 1 aliphatic rings. The lowest BCUT2D eigenvalue weighted by atomic mass is 10.1. The van der Waals surface area contributed by atoms with Crippen LogP contribution < -0.4 is 16.1 Å². The van der Waals surface area contributed by atoms with Crippen LogP contribution in [0.15, 0.2) is 9.59 Å². The van der Waals surface area contributed by atoms with E-state index in [0.717, 1.165) is 45.2 Å². The molecule has 1 saturated heterocycles. The van der Waals surface area contributed by atoms with Gasteiger partial charge in [0.25, 0.3) is 5.56 Å². The van der Waals surface area contributed by atoms with Crippen LogP contribution in [0.1, 0.15) is 39.0 Å². The number of piperidine rings is 1. The van der Waals surface area contributed by atoms with Gasteiger partial charge in [-0.1, -0.05) is 13.3 Å². The van der Waals surface area contributed by atoms with Crippen molar-refractivity contribution < 1.29 is 9.53 Å². The third-order valence-corrected chi connectivity index (χ3v) is 4.67. The summed E-state index contributed by atoms with van der Waals surface area (Å²) >= 11 is 0. The van der Waals surface area contributed by atoms with Crippen LogP contribution in [0, 0.1) is 0 Å². The molecule has 0 saturated carbocycles. The van der Waals surface area contributed by atoms with Gasteiger partial charge in [-0.25, -0.2) is 4.79 Å². The van der Waals surface area contributed by atoms with Gasteiger partial charge in [-0.3, -0.25) is 23.7 Å². The van der Waals surface area contributed by atoms with Crippen molar-refractivity contribution in [1.29, 1.82) is 0 Å². The highest BCUT2D eigenvalue weighted by Crippen LogP contribution is 2.23. The molecule has 1 N–H and O–H groups in total. The Labute approximate surface area is 150 Å². The van der Waals surface area contributed by atoms with E-state index in [9.17, 15) is 14.4 Å². The van der Waals surface area contributed by atoms with Gasteiger partial charge in [-0.05, 0) is 25.7 Å². The fourth-order valence-corrected chi connectivity index (χ4v) is 3.21. The molecule has 2 aromatic heterocycles. The molecule has 0 aliphatic carbocycles. The van der Waals surface area contributed by atoms with E-state index in [0.29, 0.717) is 12.6 Å². The zero-order valence-corrected chi connectivity index (χ0v) is 15.3. The second-order valence-corrected chi connectivity index (χ2v) is 6.61. The van der Waals surface area contributed by atoms with Crippen LogP contribution >= 0.6 is 0 Å². The molecule has 0 atom stereocenters. The first-order valence-corrected chi connectivity index (χ1v) is 9.13. The fraction of sp³-hybridized carbons (Fsp3) is 0.647. The van der Waals surface area contributed by atoms with E-state index >= 15 is 0 Å². The number of unbranched alkanes of at least 4 members (excludes halogenated alkanes) is 1. The Morgan fingerprint density at radius 1 is 1.23 bits per heavy atom. The van der Waals surface area contributed by atoms with E-state index in [1.54, 1.807) is 11.6 Å². The zero-order chi connectivity index (χ0) is 18.7. The van der Waals surface area contributed by atoms with Crippen LogP contribution in [0.4, 0.5) is 5.95 Å². The van der Waals surface area contributed by atoms with Crippen molar-refractivity contribution in [3.05, 3.63) is 20.8 Å². The van der Waals surface area contributed by atoms with Gasteiger partial charge in [-0.2, -0.15) is 4.98 Å². The van der Waals surface area contributed by atoms with Gasteiger partial charge in [-0.15, -0.1) is 0 Å². The lowest BCUT2D eigenvalue weighted by Gasteiger charge is -2.27. The molecule has 3 heterocycles. The van der Waals surface area contributed by atoms with Crippen molar-refractivity contribution in [2.24, 2.45) is 7.05 Å². The number of anilines is 1. The summed E-state index contributed by atoms with van der Waals surface area (Å²) in [6.07, 6.45) is 4.93. The van der Waals surface area contributed by atoms with Crippen molar-refractivity contribution >= 4 is 23.1 Å². The Morgan fingerprint density at radius 3 is 2.65 bits per heavy atom. The molecule has 9 nitrogen and oxygen atoms in total. The Bertz CT molecular complexity index is 904. The van der Waals surface area contributed by atoms with Crippen LogP contribution in [-0.2, 0) is 23.1 Å². The molecule has 2 aromatic rings. The van der Waals surface area contributed by atoms with E-state index in [1.807, 2.05) is 6.92 Å². The molecule has 1 fully saturated rings. The number of rotatable bonds is 6. The maximum absolute atomic E-state index is 12.4. The third-order valence-electron chi connectivity index (χ3n) is 4.67. The predicted molar refractivity (Wildman–Crippen MR) is 97.5 cm³/mol. The van der Waals surface area contributed by atoms with E-state index < -0.39 is 17.2 Å². The summed E-state index contributed by atoms with van der Waals surface area (Å²) in [7, 11) is 1.55. The predicted octanol–water partition coefficient (Wildman–Crippen LogP) is 0.757. The number of hydrogen-bond donors (Lipinski definition) is 1. The molecule has 3 rings (SSSR count). The Hall–Kier alpha value is -2.58. The SMILES string of the molecule is CCCCOC(=O)Cn1c(N2CCCCC2)nc2c1c(=O)[nH]c(=O)n2C. The molecule has 0 bridgehead atoms. The van der Waals surface area contributed by atoms with Crippen LogP contribution in [0.25, 0.3) is 11.2 Å². The van der Waals surface area contributed by atoms with Crippen molar-refractivity contribution in [3.63, 3.8) is 0 Å². The monoisotopic (exact) mass is 363 g/mol. The maximum atomic E-state index is 12.4. The van der Waals surface area contributed by atoms with Gasteiger partial charge in [0.05, 0.1) is 6.61 Å². The molecule has 0 spiro atoms. The van der Waals surface area contributed by atoms with Crippen molar-refractivity contribution in [2.75, 3.05) is 24.6 Å². The van der Waals surface area contributed by atoms with Gasteiger partial charge >= 0.3 is 11.7 Å². The molecule has 26 heavy (non-hydrogen) atoms. The summed E-state index contributed by atoms with van der Waals surface area (Å²) in [5.74, 6) is 0.128. The average Bonchev–Trinajstić information content (AvgIpc) is 3.00. The smallest absolute Gasteiger partial charge is 0.329 e. The molecule has 142 valence electrons. The van der Waals surface area contributed by atoms with Crippen LogP contribution in [0.2, 0.25) is 0 Å². The number of imidazole rings is 1. The highest BCUT2D eigenvalue weighted by atomic mass is 16.5. The van der Waals surface area contributed by atoms with Crippen molar-refractivity contribution in [3.8, 4) is 0 Å². The summed E-state index contributed by atoms with van der Waals surface area (Å²) in [6.45, 7) is 3.88. The quantitative estimate of drug-likeness (QED) is 0.600. The van der Waals surface area contributed by atoms with Gasteiger partial charge < -0.3 is 9.64 Å². The fourth-order valence-electron chi connectivity index (χ4n) is 3.21. The van der Waals surface area contributed by atoms with Crippen molar-refractivity contribution in [2.45, 2.75) is 45.6 Å². The second-order valence-electron chi connectivity index (χ2n) is 6.61. The van der Waals surface area contributed by atoms with Crippen LogP contribution in [0.5, 0.6) is 0 Å². The minimum absolute atomic E-state index is 0.104. The maximum Gasteiger partial charge on any atom is 0.329 e. The summed E-state index contributed by atoms with van der Waals surface area (Å²) < 4.78 is 8.13. The molecule has 1 aliphatic heterocycles. The molecule has 0 aromatic carbocycles. The van der Waals surface area contributed by atoms with Crippen LogP contribution in [0.3, 0.4) is 0 Å². The molecule has 9 heteroatoms. The first-order valence-electron chi connectivity index (χ1n) is 9.13. The number of esters is 1. The number of carbonyl (C=O) groups excluding carboxylic acids is 1. The highest BCUT2D eigenvalue weighted by Gasteiger charge is 2.24. The Morgan fingerprint density at radius 2 is 1.96 bits per heavy atom. The molecule has 0 amide bonds. The van der Waals surface area contributed by atoms with Gasteiger partial charge in [0.15, 0.2) is 11.2 Å². The molecular formula is C17H25N5O4. The highest BCUT2D eigenvalue weighted by molar-refractivity contribution is 5.78. The Kier molecular flexibility index (Phi) is 5.43. The van der Waals surface area contributed by atoms with Crippen molar-refractivity contribution in [1.82, 2.24) is 19.1 Å². The standard InChI is InChI=1S/C17H25N5O4/c1-3-4-10-26-12(23)11-22-13-14(20(2)17(25)19-15(13)24)18-16(22)21-8-6-5-7-9-21/h3-11H2,1-2H3,(H,19,24,25). The summed E-state index contributed by atoms with van der Waals surface area (Å²) in [4.78, 5) is 45.4. The largest absolute Gasteiger partial charge is 0.464 e. The lowest BCUT2D eigenvalue weighted by Crippen LogP contribution is -2.33. The number of aromatic nitrogens is 4. The van der Waals surface area contributed by atoms with Crippen LogP contribution in [-0.4, -0.2) is 44.8 Å². The second kappa shape index (κ2) is 7.76. The topological polar surface area (TPSA) is 102 Å². The minimum Gasteiger partial charge on any atom is -0.464 e. The minimum atomic E-state index is -0.541. The Balaban J connectivity index is 2.05. The van der Waals surface area contributed by atoms with E-state index in [-0.39, 0.29) is 17.7 Å². The lowest BCUT2D eigenvalue weighted by molar-refractivity contribution is -0.144. The molecule has 0 unspecified atom stereocenters. The summed E-state index contributed by atoms with van der Waals surface area (Å²) in [5.41, 5.74) is -0.566. The number of fused-ring (bicyclic) bond motifs is 1. The average molecular weight is 363 g/mol. The van der Waals surface area contributed by atoms with Gasteiger partial charge in [0.1, 0.15) is 6.54 Å². The number of ether oxygens (including phenoxy) is 1. The number of hydrogen-bond acceptors (Lipinski definition) is 6. The number of aromatic amines is 1. The first kappa shape index (κ1) is 18.2. The number of nitrogens with zero attached hydrogens (tertiary/aromatic N) is 4. The first-order chi connectivity index (χ1) is 12.5. The number of aryl methyl sites for hydroxylation is 1. The summed E-state index contributed by atoms with van der Waals surface area (Å²) in [6, 6.07) is 0. The van der Waals surface area contributed by atoms with E-state index in [4.69, 9.17) is 4.74 Å². The van der Waals surface area contributed by atoms with E-state index in [1.165, 1.54) is 4.57 Å². The third kappa shape index (κ3) is 3.51.